The van der Waals surface area contributed by atoms with Crippen molar-refractivity contribution in [2.45, 2.75) is 6.92 Å². The second-order valence-corrected chi connectivity index (χ2v) is 5.10. The zero-order chi connectivity index (χ0) is 15.8. The summed E-state index contributed by atoms with van der Waals surface area (Å²) in [7, 11) is 0. The number of ether oxygens (including phenoxy) is 2. The molecule has 0 saturated carbocycles. The Balaban J connectivity index is 2.07. The van der Waals surface area contributed by atoms with E-state index in [1.165, 1.54) is 0 Å². The van der Waals surface area contributed by atoms with Gasteiger partial charge in [-0.2, -0.15) is 0 Å². The first-order chi connectivity index (χ1) is 10.7. The molecule has 0 aliphatic rings. The Morgan fingerprint density at radius 3 is 2.64 bits per heavy atom. The average molecular weight is 317 g/mol. The fourth-order valence-electron chi connectivity index (χ4n) is 1.63. The number of nitrogens with zero attached hydrogens (tertiary/aromatic N) is 1. The summed E-state index contributed by atoms with van der Waals surface area (Å²) in [6.45, 7) is 2.01. The number of aromatic nitrogens is 1. The van der Waals surface area contributed by atoms with Gasteiger partial charge in [-0.05, 0) is 31.2 Å². The molecule has 0 spiro atoms. The SMILES string of the molecule is CCOC(=O)CSC(=O)c1cccnc1Oc1ccccc1. The molecule has 1 heterocycles. The van der Waals surface area contributed by atoms with Gasteiger partial charge in [-0.25, -0.2) is 4.98 Å². The average Bonchev–Trinajstić information content (AvgIpc) is 2.54. The molecule has 1 aromatic heterocycles. The Kier molecular flexibility index (Phi) is 5.97. The minimum atomic E-state index is -0.421. The van der Waals surface area contributed by atoms with Crippen molar-refractivity contribution in [1.29, 1.82) is 0 Å². The van der Waals surface area contributed by atoms with Gasteiger partial charge in [0.2, 0.25) is 11.0 Å². The van der Waals surface area contributed by atoms with Crippen molar-refractivity contribution in [1.82, 2.24) is 4.98 Å². The van der Waals surface area contributed by atoms with Crippen LogP contribution in [0.4, 0.5) is 0 Å². The normalized spacial score (nSPS) is 10.0. The molecular weight excluding hydrogens is 302 g/mol. The summed E-state index contributed by atoms with van der Waals surface area (Å²) in [4.78, 5) is 27.6. The Labute approximate surface area is 132 Å². The monoisotopic (exact) mass is 317 g/mol. The van der Waals surface area contributed by atoms with Gasteiger partial charge < -0.3 is 9.47 Å². The number of thioether (sulfide) groups is 1. The summed E-state index contributed by atoms with van der Waals surface area (Å²) in [6.07, 6.45) is 1.55. The highest BCUT2D eigenvalue weighted by Crippen LogP contribution is 2.25. The second-order valence-electron chi connectivity index (χ2n) is 4.15. The predicted octanol–water partition coefficient (Wildman–Crippen LogP) is 3.31. The first kappa shape index (κ1) is 16.0. The zero-order valence-corrected chi connectivity index (χ0v) is 12.8. The highest BCUT2D eigenvalue weighted by molar-refractivity contribution is 8.14. The van der Waals surface area contributed by atoms with Crippen LogP contribution in [0.25, 0.3) is 0 Å². The third-order valence-corrected chi connectivity index (χ3v) is 3.44. The maximum absolute atomic E-state index is 12.2. The van der Waals surface area contributed by atoms with E-state index < -0.39 is 5.97 Å². The van der Waals surface area contributed by atoms with Crippen molar-refractivity contribution >= 4 is 22.8 Å². The fourth-order valence-corrected chi connectivity index (χ4v) is 2.28. The van der Waals surface area contributed by atoms with E-state index >= 15 is 0 Å². The summed E-state index contributed by atoms with van der Waals surface area (Å²) >= 11 is 0.869. The molecule has 0 radical (unpaired) electrons. The van der Waals surface area contributed by atoms with Gasteiger partial charge in [-0.15, -0.1) is 0 Å². The Hall–Kier alpha value is -2.34. The number of para-hydroxylation sites is 1. The van der Waals surface area contributed by atoms with Crippen LogP contribution < -0.4 is 4.74 Å². The predicted molar refractivity (Wildman–Crippen MR) is 84.2 cm³/mol. The molecular formula is C16H15NO4S. The zero-order valence-electron chi connectivity index (χ0n) is 12.0. The van der Waals surface area contributed by atoms with Crippen molar-refractivity contribution in [3.8, 4) is 11.6 Å². The molecule has 0 N–H and O–H groups in total. The van der Waals surface area contributed by atoms with Crippen LogP contribution in [0.3, 0.4) is 0 Å². The molecule has 5 nitrogen and oxygen atoms in total. The van der Waals surface area contributed by atoms with E-state index in [0.29, 0.717) is 17.9 Å². The van der Waals surface area contributed by atoms with Crippen molar-refractivity contribution in [3.05, 3.63) is 54.2 Å². The molecule has 0 unspecified atom stereocenters. The van der Waals surface area contributed by atoms with Crippen LogP contribution in [0.2, 0.25) is 0 Å². The lowest BCUT2D eigenvalue weighted by Gasteiger charge is -2.08. The van der Waals surface area contributed by atoms with Gasteiger partial charge in [-0.3, -0.25) is 9.59 Å². The maximum Gasteiger partial charge on any atom is 0.316 e. The van der Waals surface area contributed by atoms with Crippen LogP contribution in [0.15, 0.2) is 48.7 Å². The number of carbonyl (C=O) groups excluding carboxylic acids is 2. The lowest BCUT2D eigenvalue weighted by molar-refractivity contribution is -0.139. The topological polar surface area (TPSA) is 65.5 Å². The smallest absolute Gasteiger partial charge is 0.316 e. The molecule has 0 amide bonds. The van der Waals surface area contributed by atoms with Crippen LogP contribution in [0, 0.1) is 0 Å². The van der Waals surface area contributed by atoms with E-state index in [1.807, 2.05) is 18.2 Å². The van der Waals surface area contributed by atoms with Gasteiger partial charge in [0.25, 0.3) is 0 Å². The number of esters is 1. The number of rotatable bonds is 6. The third-order valence-electron chi connectivity index (χ3n) is 2.58. The molecule has 2 rings (SSSR count). The molecule has 0 saturated heterocycles. The number of hydrogen-bond acceptors (Lipinski definition) is 6. The molecule has 6 heteroatoms. The van der Waals surface area contributed by atoms with Gasteiger partial charge >= 0.3 is 5.97 Å². The first-order valence-electron chi connectivity index (χ1n) is 6.71. The Bertz CT molecular complexity index is 646. The third kappa shape index (κ3) is 4.60. The second kappa shape index (κ2) is 8.19. The van der Waals surface area contributed by atoms with Crippen LogP contribution >= 0.6 is 11.8 Å². The van der Waals surface area contributed by atoms with Crippen molar-refractivity contribution in [2.75, 3.05) is 12.4 Å². The fraction of sp³-hybridized carbons (Fsp3) is 0.188. The number of benzene rings is 1. The lowest BCUT2D eigenvalue weighted by Crippen LogP contribution is -2.09. The summed E-state index contributed by atoms with van der Waals surface area (Å²) in [5.74, 6) is 0.350. The van der Waals surface area contributed by atoms with Crippen LogP contribution in [0.5, 0.6) is 11.6 Å². The van der Waals surface area contributed by atoms with Crippen LogP contribution in [-0.4, -0.2) is 28.4 Å². The van der Waals surface area contributed by atoms with Crippen molar-refractivity contribution in [3.63, 3.8) is 0 Å². The largest absolute Gasteiger partial charge is 0.465 e. The van der Waals surface area contributed by atoms with Crippen LogP contribution in [0.1, 0.15) is 17.3 Å². The van der Waals surface area contributed by atoms with E-state index in [1.54, 1.807) is 37.4 Å². The van der Waals surface area contributed by atoms with E-state index in [0.717, 1.165) is 11.8 Å². The van der Waals surface area contributed by atoms with Gasteiger partial charge in [-0.1, -0.05) is 30.0 Å². The minimum absolute atomic E-state index is 0.0354. The highest BCUT2D eigenvalue weighted by atomic mass is 32.2. The van der Waals surface area contributed by atoms with Gasteiger partial charge in [0.15, 0.2) is 0 Å². The molecule has 1 aromatic carbocycles. The molecule has 0 fully saturated rings. The minimum Gasteiger partial charge on any atom is -0.465 e. The molecule has 0 aliphatic heterocycles. The quantitative estimate of drug-likeness (QED) is 0.762. The van der Waals surface area contributed by atoms with Crippen molar-refractivity contribution in [2.24, 2.45) is 0 Å². The summed E-state index contributed by atoms with van der Waals surface area (Å²) < 4.78 is 10.4. The van der Waals surface area contributed by atoms with E-state index in [2.05, 4.69) is 4.98 Å². The van der Waals surface area contributed by atoms with E-state index in [9.17, 15) is 9.59 Å². The Morgan fingerprint density at radius 1 is 1.14 bits per heavy atom. The van der Waals surface area contributed by atoms with Gasteiger partial charge in [0.1, 0.15) is 5.75 Å². The van der Waals surface area contributed by atoms with Crippen LogP contribution in [-0.2, 0) is 9.53 Å². The molecule has 0 bridgehead atoms. The number of pyridine rings is 1. The highest BCUT2D eigenvalue weighted by Gasteiger charge is 2.16. The maximum atomic E-state index is 12.2. The number of hydrogen-bond donors (Lipinski definition) is 0. The Morgan fingerprint density at radius 2 is 1.91 bits per heavy atom. The molecule has 0 atom stereocenters. The summed E-state index contributed by atoms with van der Waals surface area (Å²) in [6, 6.07) is 12.3. The summed E-state index contributed by atoms with van der Waals surface area (Å²) in [5, 5.41) is -0.285. The molecule has 2 aromatic rings. The van der Waals surface area contributed by atoms with Gasteiger partial charge in [0, 0.05) is 6.20 Å². The molecule has 0 aliphatic carbocycles. The molecule has 114 valence electrons. The number of carbonyl (C=O) groups is 2. The molecule has 22 heavy (non-hydrogen) atoms. The lowest BCUT2D eigenvalue weighted by atomic mass is 10.3. The standard InChI is InChI=1S/C16H15NO4S/c1-2-20-14(18)11-22-16(19)13-9-6-10-17-15(13)21-12-7-4-3-5-8-12/h3-10H,2,11H2,1H3. The van der Waals surface area contributed by atoms with E-state index in [4.69, 9.17) is 9.47 Å². The van der Waals surface area contributed by atoms with Crippen molar-refractivity contribution < 1.29 is 19.1 Å². The van der Waals surface area contributed by atoms with Gasteiger partial charge in [0.05, 0.1) is 17.9 Å². The first-order valence-corrected chi connectivity index (χ1v) is 7.70. The van der Waals surface area contributed by atoms with E-state index in [-0.39, 0.29) is 16.7 Å². The summed E-state index contributed by atoms with van der Waals surface area (Å²) in [5.41, 5.74) is 0.320.